The molecule has 11 heteroatoms. The fourth-order valence-corrected chi connectivity index (χ4v) is 4.02. The van der Waals surface area contributed by atoms with E-state index in [1.54, 1.807) is 6.07 Å². The average molecular weight is 495 g/mol. The van der Waals surface area contributed by atoms with E-state index in [4.69, 9.17) is 25.8 Å². The molecular formula is C19H17BrClN5O4. The second kappa shape index (κ2) is 8.49. The Bertz CT molecular complexity index is 1090. The molecule has 0 spiro atoms. The van der Waals surface area contributed by atoms with Crippen molar-refractivity contribution in [1.29, 1.82) is 0 Å². The summed E-state index contributed by atoms with van der Waals surface area (Å²) >= 11 is 9.90. The number of aromatic nitrogens is 4. The standard InChI is InChI=1S/C19H17BrClN5O4/c1-10(11-6-17-18(7-13(11)20)30-4-3-29-17)23-19(27)12-5-14(21)15(8-16(12)28-2)26-9-22-24-25-26/h5-10H,3-4H2,1-2H3,(H,23,27). The molecule has 1 aromatic heterocycles. The zero-order valence-corrected chi connectivity index (χ0v) is 18.4. The van der Waals surface area contributed by atoms with Gasteiger partial charge in [-0.1, -0.05) is 27.5 Å². The van der Waals surface area contributed by atoms with Crippen molar-refractivity contribution in [2.75, 3.05) is 20.3 Å². The quantitative estimate of drug-likeness (QED) is 0.580. The molecule has 9 nitrogen and oxygen atoms in total. The molecule has 0 saturated heterocycles. The number of carbonyl (C=O) groups excluding carboxylic acids is 1. The van der Waals surface area contributed by atoms with Crippen LogP contribution >= 0.6 is 27.5 Å². The molecule has 1 aliphatic rings. The molecule has 1 unspecified atom stereocenters. The van der Waals surface area contributed by atoms with Crippen molar-refractivity contribution in [3.8, 4) is 22.9 Å². The number of halogens is 2. The number of nitrogens with zero attached hydrogens (tertiary/aromatic N) is 4. The summed E-state index contributed by atoms with van der Waals surface area (Å²) in [6.07, 6.45) is 1.40. The van der Waals surface area contributed by atoms with E-state index >= 15 is 0 Å². The number of hydrogen-bond donors (Lipinski definition) is 1. The number of tetrazole rings is 1. The normalized spacial score (nSPS) is 13.6. The van der Waals surface area contributed by atoms with Crippen LogP contribution in [0.4, 0.5) is 0 Å². The number of carbonyl (C=O) groups is 1. The molecule has 1 atom stereocenters. The van der Waals surface area contributed by atoms with Crippen molar-refractivity contribution in [2.45, 2.75) is 13.0 Å². The van der Waals surface area contributed by atoms with Gasteiger partial charge in [0.25, 0.3) is 5.91 Å². The lowest BCUT2D eigenvalue weighted by Crippen LogP contribution is -2.27. The van der Waals surface area contributed by atoms with E-state index in [0.29, 0.717) is 46.7 Å². The van der Waals surface area contributed by atoms with Gasteiger partial charge in [0.2, 0.25) is 0 Å². The molecule has 0 saturated carbocycles. The summed E-state index contributed by atoms with van der Waals surface area (Å²) in [6.45, 7) is 2.86. The van der Waals surface area contributed by atoms with Crippen molar-refractivity contribution in [3.05, 3.63) is 51.2 Å². The Morgan fingerprint density at radius 1 is 1.27 bits per heavy atom. The maximum absolute atomic E-state index is 13.0. The Kier molecular flexibility index (Phi) is 5.78. The van der Waals surface area contributed by atoms with Gasteiger partial charge in [-0.25, -0.2) is 0 Å². The van der Waals surface area contributed by atoms with Crippen LogP contribution in [0, 0.1) is 0 Å². The number of benzene rings is 2. The molecule has 0 fully saturated rings. The highest BCUT2D eigenvalue weighted by Crippen LogP contribution is 2.38. The maximum atomic E-state index is 13.0. The maximum Gasteiger partial charge on any atom is 0.255 e. The molecule has 1 aliphatic heterocycles. The average Bonchev–Trinajstić information content (AvgIpc) is 3.27. The molecular weight excluding hydrogens is 478 g/mol. The van der Waals surface area contributed by atoms with Crippen molar-refractivity contribution in [3.63, 3.8) is 0 Å². The van der Waals surface area contributed by atoms with Crippen LogP contribution in [-0.2, 0) is 0 Å². The third kappa shape index (κ3) is 3.92. The van der Waals surface area contributed by atoms with Gasteiger partial charge in [-0.3, -0.25) is 4.79 Å². The highest BCUT2D eigenvalue weighted by atomic mass is 79.9. The van der Waals surface area contributed by atoms with E-state index in [1.165, 1.54) is 24.2 Å². The molecule has 0 radical (unpaired) electrons. The van der Waals surface area contributed by atoms with Crippen LogP contribution in [0.15, 0.2) is 35.1 Å². The number of methoxy groups -OCH3 is 1. The van der Waals surface area contributed by atoms with Crippen LogP contribution < -0.4 is 19.5 Å². The van der Waals surface area contributed by atoms with Crippen LogP contribution in [0.2, 0.25) is 5.02 Å². The lowest BCUT2D eigenvalue weighted by atomic mass is 10.1. The minimum Gasteiger partial charge on any atom is -0.496 e. The summed E-state index contributed by atoms with van der Waals surface area (Å²) < 4.78 is 18.8. The zero-order chi connectivity index (χ0) is 21.3. The van der Waals surface area contributed by atoms with E-state index in [0.717, 1.165) is 10.0 Å². The third-order valence-corrected chi connectivity index (χ3v) is 5.57. The Morgan fingerprint density at radius 3 is 2.67 bits per heavy atom. The lowest BCUT2D eigenvalue weighted by Gasteiger charge is -2.23. The molecule has 30 heavy (non-hydrogen) atoms. The molecule has 1 N–H and O–H groups in total. The van der Waals surface area contributed by atoms with Gasteiger partial charge < -0.3 is 19.5 Å². The van der Waals surface area contributed by atoms with Crippen molar-refractivity contribution in [1.82, 2.24) is 25.5 Å². The number of rotatable bonds is 5. The minimum atomic E-state index is -0.341. The van der Waals surface area contributed by atoms with Crippen LogP contribution in [0.1, 0.15) is 28.9 Å². The monoisotopic (exact) mass is 493 g/mol. The van der Waals surface area contributed by atoms with Gasteiger partial charge >= 0.3 is 0 Å². The first-order chi connectivity index (χ1) is 14.5. The van der Waals surface area contributed by atoms with Crippen molar-refractivity contribution >= 4 is 33.4 Å². The summed E-state index contributed by atoms with van der Waals surface area (Å²) in [5.74, 6) is 1.32. The molecule has 2 heterocycles. The van der Waals surface area contributed by atoms with Crippen LogP contribution in [0.5, 0.6) is 17.2 Å². The number of ether oxygens (including phenoxy) is 3. The number of nitrogens with one attached hydrogen (secondary N) is 1. The van der Waals surface area contributed by atoms with Gasteiger partial charge in [-0.2, -0.15) is 4.68 Å². The van der Waals surface area contributed by atoms with Gasteiger partial charge in [-0.15, -0.1) is 5.10 Å². The highest BCUT2D eigenvalue weighted by Gasteiger charge is 2.22. The van der Waals surface area contributed by atoms with E-state index < -0.39 is 0 Å². The summed E-state index contributed by atoms with van der Waals surface area (Å²) in [4.78, 5) is 13.0. The number of amides is 1. The number of hydrogen-bond acceptors (Lipinski definition) is 7. The van der Waals surface area contributed by atoms with Gasteiger partial charge in [0.15, 0.2) is 11.5 Å². The summed E-state index contributed by atoms with van der Waals surface area (Å²) in [6, 6.07) is 6.50. The van der Waals surface area contributed by atoms with E-state index in [9.17, 15) is 4.79 Å². The third-order valence-electron chi connectivity index (χ3n) is 4.59. The predicted octanol–water partition coefficient (Wildman–Crippen LogP) is 3.35. The first kappa shape index (κ1) is 20.4. The summed E-state index contributed by atoms with van der Waals surface area (Å²) in [5.41, 5.74) is 1.64. The molecule has 156 valence electrons. The Hall–Kier alpha value is -2.85. The molecule has 0 bridgehead atoms. The number of fused-ring (bicyclic) bond motifs is 1. The van der Waals surface area contributed by atoms with Crippen molar-refractivity contribution < 1.29 is 19.0 Å². The van der Waals surface area contributed by atoms with Crippen LogP contribution in [0.25, 0.3) is 5.69 Å². The first-order valence-electron chi connectivity index (χ1n) is 8.98. The Balaban J connectivity index is 1.60. The second-order valence-electron chi connectivity index (χ2n) is 6.47. The van der Waals surface area contributed by atoms with Crippen LogP contribution in [0.3, 0.4) is 0 Å². The van der Waals surface area contributed by atoms with Gasteiger partial charge in [-0.05, 0) is 41.1 Å². The van der Waals surface area contributed by atoms with Gasteiger partial charge in [0.1, 0.15) is 25.3 Å². The topological polar surface area (TPSA) is 100 Å². The largest absolute Gasteiger partial charge is 0.496 e. The Labute approximate surface area is 185 Å². The van der Waals surface area contributed by atoms with E-state index in [-0.39, 0.29) is 11.9 Å². The SMILES string of the molecule is COc1cc(-n2cnnn2)c(Cl)cc1C(=O)NC(C)c1cc2c(cc1Br)OCCO2. The van der Waals surface area contributed by atoms with Gasteiger partial charge in [0.05, 0.1) is 29.4 Å². The molecule has 1 amide bonds. The second-order valence-corrected chi connectivity index (χ2v) is 7.73. The molecule has 2 aromatic carbocycles. The molecule has 0 aliphatic carbocycles. The molecule has 3 aromatic rings. The van der Waals surface area contributed by atoms with E-state index in [2.05, 4.69) is 36.8 Å². The first-order valence-corrected chi connectivity index (χ1v) is 10.2. The predicted molar refractivity (Wildman–Crippen MR) is 112 cm³/mol. The minimum absolute atomic E-state index is 0.292. The summed E-state index contributed by atoms with van der Waals surface area (Å²) in [7, 11) is 1.48. The Morgan fingerprint density at radius 2 is 2.00 bits per heavy atom. The summed E-state index contributed by atoms with van der Waals surface area (Å²) in [5, 5.41) is 14.3. The van der Waals surface area contributed by atoms with E-state index in [1.807, 2.05) is 19.1 Å². The fraction of sp³-hybridized carbons (Fsp3) is 0.263. The van der Waals surface area contributed by atoms with Crippen LogP contribution in [-0.4, -0.2) is 46.4 Å². The zero-order valence-electron chi connectivity index (χ0n) is 16.1. The van der Waals surface area contributed by atoms with Gasteiger partial charge in [0, 0.05) is 10.5 Å². The highest BCUT2D eigenvalue weighted by molar-refractivity contribution is 9.10. The van der Waals surface area contributed by atoms with Crippen molar-refractivity contribution in [2.24, 2.45) is 0 Å². The smallest absolute Gasteiger partial charge is 0.255 e. The fourth-order valence-electron chi connectivity index (χ4n) is 3.10. The molecule has 4 rings (SSSR count). The lowest BCUT2D eigenvalue weighted by molar-refractivity contribution is 0.0936.